The molecule has 8 nitrogen and oxygen atoms in total. The van der Waals surface area contributed by atoms with Crippen molar-refractivity contribution >= 4 is 23.5 Å². The normalized spacial score (nSPS) is 16.8. The van der Waals surface area contributed by atoms with Gasteiger partial charge in [-0.2, -0.15) is 0 Å². The predicted octanol–water partition coefficient (Wildman–Crippen LogP) is 3.10. The Labute approximate surface area is 175 Å². The maximum Gasteiger partial charge on any atom is 0.325 e. The molecule has 0 saturated carbocycles. The third kappa shape index (κ3) is 4.53. The van der Waals surface area contributed by atoms with E-state index in [0.717, 1.165) is 5.56 Å². The minimum Gasteiger partial charge on any atom is -0.497 e. The first-order chi connectivity index (χ1) is 14.4. The summed E-state index contributed by atoms with van der Waals surface area (Å²) in [7, 11) is 3.04. The van der Waals surface area contributed by atoms with Crippen LogP contribution < -0.4 is 20.1 Å². The van der Waals surface area contributed by atoms with Crippen molar-refractivity contribution in [3.05, 3.63) is 54.1 Å². The molecule has 2 aromatic carbocycles. The van der Waals surface area contributed by atoms with Crippen LogP contribution in [0.5, 0.6) is 11.5 Å². The summed E-state index contributed by atoms with van der Waals surface area (Å²) < 4.78 is 10.4. The number of imide groups is 1. The number of nitrogens with one attached hydrogen (secondary N) is 2. The summed E-state index contributed by atoms with van der Waals surface area (Å²) in [6.45, 7) is 1.80. The van der Waals surface area contributed by atoms with Crippen molar-refractivity contribution in [3.8, 4) is 11.5 Å². The number of rotatable bonds is 8. The molecule has 0 radical (unpaired) electrons. The average molecular weight is 411 g/mol. The molecule has 1 aliphatic rings. The smallest absolute Gasteiger partial charge is 0.325 e. The van der Waals surface area contributed by atoms with Gasteiger partial charge in [0.25, 0.3) is 5.91 Å². The number of carbonyl (C=O) groups is 3. The van der Waals surface area contributed by atoms with Gasteiger partial charge in [-0.05, 0) is 31.0 Å². The van der Waals surface area contributed by atoms with E-state index in [-0.39, 0.29) is 30.7 Å². The highest BCUT2D eigenvalue weighted by atomic mass is 16.5. The van der Waals surface area contributed by atoms with E-state index < -0.39 is 12.1 Å². The summed E-state index contributed by atoms with van der Waals surface area (Å²) in [4.78, 5) is 38.7. The lowest BCUT2D eigenvalue weighted by atomic mass is 10.1. The number of nitrogens with zero attached hydrogens (tertiary/aromatic N) is 1. The zero-order valence-electron chi connectivity index (χ0n) is 17.2. The number of hydrogen-bond donors (Lipinski definition) is 2. The molecule has 158 valence electrons. The molecule has 0 aromatic heterocycles. The molecule has 4 amide bonds. The van der Waals surface area contributed by atoms with Gasteiger partial charge in [-0.3, -0.25) is 14.5 Å². The van der Waals surface area contributed by atoms with Gasteiger partial charge >= 0.3 is 6.03 Å². The fourth-order valence-electron chi connectivity index (χ4n) is 3.38. The highest BCUT2D eigenvalue weighted by Gasteiger charge is 2.40. The van der Waals surface area contributed by atoms with Crippen molar-refractivity contribution in [2.75, 3.05) is 19.5 Å². The second-order valence-electron chi connectivity index (χ2n) is 6.95. The van der Waals surface area contributed by atoms with Gasteiger partial charge in [0.1, 0.15) is 17.5 Å². The molecule has 0 aliphatic carbocycles. The highest BCUT2D eigenvalue weighted by molar-refractivity contribution is 6.05. The number of urea groups is 1. The Bertz CT molecular complexity index is 932. The van der Waals surface area contributed by atoms with Crippen molar-refractivity contribution in [2.24, 2.45) is 0 Å². The second kappa shape index (κ2) is 9.30. The molecule has 30 heavy (non-hydrogen) atoms. The molecule has 0 unspecified atom stereocenters. The molecule has 8 heteroatoms. The molecule has 1 heterocycles. The first kappa shape index (κ1) is 21.2. The predicted molar refractivity (Wildman–Crippen MR) is 111 cm³/mol. The number of carbonyl (C=O) groups excluding carboxylic acids is 3. The minimum atomic E-state index is -0.729. The second-order valence-corrected chi connectivity index (χ2v) is 6.95. The molecule has 2 atom stereocenters. The van der Waals surface area contributed by atoms with Crippen molar-refractivity contribution in [3.63, 3.8) is 0 Å². The molecule has 0 bridgehead atoms. The van der Waals surface area contributed by atoms with E-state index in [4.69, 9.17) is 9.47 Å². The first-order valence-electron chi connectivity index (χ1n) is 9.65. The van der Waals surface area contributed by atoms with Crippen molar-refractivity contribution < 1.29 is 23.9 Å². The lowest BCUT2D eigenvalue weighted by molar-refractivity contribution is -0.129. The third-order valence-corrected chi connectivity index (χ3v) is 5.06. The quantitative estimate of drug-likeness (QED) is 0.651. The van der Waals surface area contributed by atoms with E-state index in [0.29, 0.717) is 17.2 Å². The Kier molecular flexibility index (Phi) is 6.56. The zero-order valence-corrected chi connectivity index (χ0v) is 17.2. The molecule has 2 N–H and O–H groups in total. The van der Waals surface area contributed by atoms with Gasteiger partial charge in [0.2, 0.25) is 5.91 Å². The Hall–Kier alpha value is -3.55. The molecule has 1 saturated heterocycles. The van der Waals surface area contributed by atoms with Crippen LogP contribution in [0.25, 0.3) is 0 Å². The van der Waals surface area contributed by atoms with Gasteiger partial charge in [0.15, 0.2) is 0 Å². The number of anilines is 1. The Morgan fingerprint density at radius 1 is 1.13 bits per heavy atom. The lowest BCUT2D eigenvalue weighted by Gasteiger charge is -2.21. The molecule has 0 spiro atoms. The van der Waals surface area contributed by atoms with E-state index in [9.17, 15) is 14.4 Å². The van der Waals surface area contributed by atoms with Crippen molar-refractivity contribution in [2.45, 2.75) is 31.8 Å². The van der Waals surface area contributed by atoms with E-state index in [2.05, 4.69) is 10.6 Å². The fraction of sp³-hybridized carbons (Fsp3) is 0.318. The van der Waals surface area contributed by atoms with Crippen LogP contribution in [0.1, 0.15) is 31.4 Å². The van der Waals surface area contributed by atoms with Crippen molar-refractivity contribution in [1.82, 2.24) is 10.2 Å². The average Bonchev–Trinajstić information content (AvgIpc) is 3.05. The third-order valence-electron chi connectivity index (χ3n) is 5.06. The number of amides is 4. The SMILES string of the molecule is COc1ccc(NC(=O)CC[C@H]2NC(=O)N([C@H](C)c3ccccc3)C2=O)c(OC)c1. The van der Waals surface area contributed by atoms with Crippen molar-refractivity contribution in [1.29, 1.82) is 0 Å². The van der Waals surface area contributed by atoms with E-state index in [1.807, 2.05) is 30.3 Å². The van der Waals surface area contributed by atoms with Gasteiger partial charge in [0.05, 0.1) is 25.9 Å². The molecular formula is C22H25N3O5. The Balaban J connectivity index is 1.59. The first-order valence-corrected chi connectivity index (χ1v) is 9.65. The number of hydrogen-bond acceptors (Lipinski definition) is 5. The zero-order chi connectivity index (χ0) is 21.7. The maximum absolute atomic E-state index is 12.7. The van der Waals surface area contributed by atoms with E-state index in [1.165, 1.54) is 12.0 Å². The van der Waals surface area contributed by atoms with Gasteiger partial charge in [-0.25, -0.2) is 4.79 Å². The van der Waals surface area contributed by atoms with Crippen LogP contribution in [0, 0.1) is 0 Å². The van der Waals surface area contributed by atoms with E-state index >= 15 is 0 Å². The summed E-state index contributed by atoms with van der Waals surface area (Å²) >= 11 is 0. The van der Waals surface area contributed by atoms with Crippen LogP contribution in [0.3, 0.4) is 0 Å². The standard InChI is InChI=1S/C22H25N3O5/c1-14(15-7-5-4-6-8-15)25-21(27)18(24-22(25)28)11-12-20(26)23-17-10-9-16(29-2)13-19(17)30-3/h4-10,13-14,18H,11-12H2,1-3H3,(H,23,26)(H,24,28)/t14-,18-/m1/s1. The van der Waals surface area contributed by atoms with Gasteiger partial charge in [0, 0.05) is 12.5 Å². The molecular weight excluding hydrogens is 386 g/mol. The summed E-state index contributed by atoms with van der Waals surface area (Å²) in [5, 5.41) is 5.44. The minimum absolute atomic E-state index is 0.0689. The van der Waals surface area contributed by atoms with E-state index in [1.54, 1.807) is 32.2 Å². The largest absolute Gasteiger partial charge is 0.497 e. The van der Waals surface area contributed by atoms with Gasteiger partial charge < -0.3 is 20.1 Å². The van der Waals surface area contributed by atoms with Crippen LogP contribution in [0.4, 0.5) is 10.5 Å². The summed E-state index contributed by atoms with van der Waals surface area (Å²) in [6.07, 6.45) is 0.270. The van der Waals surface area contributed by atoms with Crippen LogP contribution in [0.2, 0.25) is 0 Å². The molecule has 1 fully saturated rings. The Morgan fingerprint density at radius 2 is 1.87 bits per heavy atom. The monoisotopic (exact) mass is 411 g/mol. The lowest BCUT2D eigenvalue weighted by Crippen LogP contribution is -2.34. The van der Waals surface area contributed by atoms with Gasteiger partial charge in [-0.15, -0.1) is 0 Å². The van der Waals surface area contributed by atoms with Crippen LogP contribution in [0.15, 0.2) is 48.5 Å². The number of ether oxygens (including phenoxy) is 2. The van der Waals surface area contributed by atoms with Gasteiger partial charge in [-0.1, -0.05) is 30.3 Å². The molecule has 3 rings (SSSR count). The number of methoxy groups -OCH3 is 2. The molecule has 2 aromatic rings. The summed E-state index contributed by atoms with van der Waals surface area (Å²) in [5.74, 6) is 0.466. The van der Waals surface area contributed by atoms with Crippen LogP contribution in [-0.4, -0.2) is 43.0 Å². The van der Waals surface area contributed by atoms with Crippen LogP contribution >= 0.6 is 0 Å². The fourth-order valence-corrected chi connectivity index (χ4v) is 3.38. The summed E-state index contributed by atoms with van der Waals surface area (Å²) in [6, 6.07) is 12.8. The summed E-state index contributed by atoms with van der Waals surface area (Å²) in [5.41, 5.74) is 1.37. The van der Waals surface area contributed by atoms with Crippen LogP contribution in [-0.2, 0) is 9.59 Å². The maximum atomic E-state index is 12.7. The number of benzene rings is 2. The Morgan fingerprint density at radius 3 is 2.53 bits per heavy atom. The molecule has 1 aliphatic heterocycles. The highest BCUT2D eigenvalue weighted by Crippen LogP contribution is 2.29. The topological polar surface area (TPSA) is 97.0 Å².